The van der Waals surface area contributed by atoms with Gasteiger partial charge in [-0.3, -0.25) is 4.79 Å². The lowest BCUT2D eigenvalue weighted by molar-refractivity contribution is -0.114. The van der Waals surface area contributed by atoms with Gasteiger partial charge in [-0.15, -0.1) is 10.2 Å². The Morgan fingerprint density at radius 2 is 1.86 bits per heavy atom. The normalized spacial score (nSPS) is 11.9. The van der Waals surface area contributed by atoms with Crippen molar-refractivity contribution in [3.05, 3.63) is 54.1 Å². The van der Waals surface area contributed by atoms with E-state index in [1.807, 2.05) is 19.1 Å². The highest BCUT2D eigenvalue weighted by Crippen LogP contribution is 2.38. The molecule has 29 heavy (non-hydrogen) atoms. The number of halogens is 2. The fourth-order valence-corrected chi connectivity index (χ4v) is 4.49. The molecule has 2 aromatic carbocycles. The van der Waals surface area contributed by atoms with E-state index in [-0.39, 0.29) is 16.9 Å². The Kier molecular flexibility index (Phi) is 6.99. The van der Waals surface area contributed by atoms with Gasteiger partial charge in [0.2, 0.25) is 11.0 Å². The van der Waals surface area contributed by atoms with Crippen LogP contribution in [0, 0.1) is 0 Å². The van der Waals surface area contributed by atoms with Crippen molar-refractivity contribution in [2.75, 3.05) is 10.6 Å². The van der Waals surface area contributed by atoms with E-state index in [0.29, 0.717) is 10.8 Å². The topological polar surface area (TPSA) is 76.1 Å². The minimum atomic E-state index is -2.83. The van der Waals surface area contributed by atoms with E-state index in [1.165, 1.54) is 42.2 Å². The first kappa shape index (κ1) is 21.0. The maximum Gasteiger partial charge on any atom is 0.387 e. The minimum absolute atomic E-state index is 0.0551. The quantitative estimate of drug-likeness (QED) is 0.442. The molecule has 3 aromatic rings. The highest BCUT2D eigenvalue weighted by Gasteiger charge is 2.13. The zero-order chi connectivity index (χ0) is 20.8. The van der Waals surface area contributed by atoms with Crippen LogP contribution in [0.5, 0.6) is 5.75 Å². The van der Waals surface area contributed by atoms with Gasteiger partial charge in [-0.25, -0.2) is 0 Å². The third-order valence-corrected chi connectivity index (χ3v) is 5.77. The number of benzene rings is 2. The Bertz CT molecular complexity index is 967. The second-order valence-corrected chi connectivity index (χ2v) is 8.53. The standard InChI is InChI=1S/C19H18F2N4O2S2/c1-11(13-6-8-16(9-7-13)27-17(20)21)28-19-25-24-18(29-19)23-15-5-3-4-14(10-15)22-12(2)26/h3-11,17H,1-2H3,(H,22,26)(H,23,24). The molecule has 0 aliphatic carbocycles. The molecule has 0 aliphatic heterocycles. The van der Waals surface area contributed by atoms with Crippen LogP contribution in [0.15, 0.2) is 52.9 Å². The van der Waals surface area contributed by atoms with Gasteiger partial charge in [-0.05, 0) is 42.8 Å². The summed E-state index contributed by atoms with van der Waals surface area (Å²) in [4.78, 5) is 11.2. The third-order valence-electron chi connectivity index (χ3n) is 3.69. The van der Waals surface area contributed by atoms with Gasteiger partial charge in [0.15, 0.2) is 4.34 Å². The van der Waals surface area contributed by atoms with Gasteiger partial charge in [0.25, 0.3) is 0 Å². The second kappa shape index (κ2) is 9.66. The lowest BCUT2D eigenvalue weighted by atomic mass is 10.2. The van der Waals surface area contributed by atoms with Crippen LogP contribution < -0.4 is 15.4 Å². The molecular weight excluding hydrogens is 418 g/mol. The number of hydrogen-bond donors (Lipinski definition) is 2. The van der Waals surface area contributed by atoms with Crippen molar-refractivity contribution in [2.45, 2.75) is 30.0 Å². The molecule has 0 aliphatic rings. The van der Waals surface area contributed by atoms with Crippen molar-refractivity contribution < 1.29 is 18.3 Å². The molecule has 1 atom stereocenters. The number of aromatic nitrogens is 2. The van der Waals surface area contributed by atoms with Crippen LogP contribution in [0.4, 0.5) is 25.3 Å². The van der Waals surface area contributed by atoms with Crippen molar-refractivity contribution in [2.24, 2.45) is 0 Å². The van der Waals surface area contributed by atoms with Crippen molar-refractivity contribution in [1.82, 2.24) is 10.2 Å². The number of carbonyl (C=O) groups excluding carboxylic acids is 1. The number of ether oxygens (including phenoxy) is 1. The van der Waals surface area contributed by atoms with Crippen LogP contribution in [0.25, 0.3) is 0 Å². The van der Waals surface area contributed by atoms with Crippen molar-refractivity contribution >= 4 is 45.5 Å². The lowest BCUT2D eigenvalue weighted by Gasteiger charge is -2.10. The monoisotopic (exact) mass is 436 g/mol. The summed E-state index contributed by atoms with van der Waals surface area (Å²) in [5.74, 6) is -0.00983. The predicted octanol–water partition coefficient (Wildman–Crippen LogP) is 5.69. The molecule has 6 nitrogen and oxygen atoms in total. The number of nitrogens with zero attached hydrogens (tertiary/aromatic N) is 2. The predicted molar refractivity (Wildman–Crippen MR) is 111 cm³/mol. The number of amides is 1. The first-order valence-corrected chi connectivity index (χ1v) is 10.3. The largest absolute Gasteiger partial charge is 0.435 e. The lowest BCUT2D eigenvalue weighted by Crippen LogP contribution is -2.05. The summed E-state index contributed by atoms with van der Waals surface area (Å²) in [5, 5.41) is 14.9. The molecule has 2 N–H and O–H groups in total. The van der Waals surface area contributed by atoms with Gasteiger partial charge in [0.05, 0.1) is 0 Å². The second-order valence-electron chi connectivity index (χ2n) is 5.97. The molecule has 0 spiro atoms. The smallest absolute Gasteiger partial charge is 0.387 e. The Morgan fingerprint density at radius 3 is 2.55 bits per heavy atom. The molecule has 1 amide bonds. The number of anilines is 3. The molecule has 0 saturated carbocycles. The Hall–Kier alpha value is -2.72. The SMILES string of the molecule is CC(=O)Nc1cccc(Nc2nnc(SC(C)c3ccc(OC(F)F)cc3)s2)c1. The van der Waals surface area contributed by atoms with Gasteiger partial charge in [-0.2, -0.15) is 8.78 Å². The van der Waals surface area contributed by atoms with Crippen LogP contribution in [0.3, 0.4) is 0 Å². The van der Waals surface area contributed by atoms with Gasteiger partial charge in [0, 0.05) is 23.5 Å². The average Bonchev–Trinajstić information content (AvgIpc) is 3.08. The van der Waals surface area contributed by atoms with Crippen molar-refractivity contribution in [3.8, 4) is 5.75 Å². The van der Waals surface area contributed by atoms with E-state index in [2.05, 4.69) is 25.6 Å². The first-order valence-electron chi connectivity index (χ1n) is 8.58. The van der Waals surface area contributed by atoms with Crippen molar-refractivity contribution in [1.29, 1.82) is 0 Å². The van der Waals surface area contributed by atoms with Gasteiger partial charge < -0.3 is 15.4 Å². The highest BCUT2D eigenvalue weighted by molar-refractivity contribution is 8.01. The fraction of sp³-hybridized carbons (Fsp3) is 0.211. The van der Waals surface area contributed by atoms with Gasteiger partial charge in [-0.1, -0.05) is 41.3 Å². The zero-order valence-electron chi connectivity index (χ0n) is 15.6. The Balaban J connectivity index is 1.60. The summed E-state index contributed by atoms with van der Waals surface area (Å²) in [7, 11) is 0. The molecule has 1 heterocycles. The van der Waals surface area contributed by atoms with E-state index >= 15 is 0 Å². The van der Waals surface area contributed by atoms with E-state index in [1.54, 1.807) is 24.3 Å². The number of carbonyl (C=O) groups is 1. The summed E-state index contributed by atoms with van der Waals surface area (Å²) in [5.41, 5.74) is 2.44. The number of alkyl halides is 2. The zero-order valence-corrected chi connectivity index (χ0v) is 17.2. The molecular formula is C19H18F2N4O2S2. The summed E-state index contributed by atoms with van der Waals surface area (Å²) in [6.07, 6.45) is 0. The molecule has 152 valence electrons. The average molecular weight is 437 g/mol. The maximum atomic E-state index is 12.2. The van der Waals surface area contributed by atoms with E-state index in [9.17, 15) is 13.6 Å². The molecule has 0 saturated heterocycles. The molecule has 3 rings (SSSR count). The Morgan fingerprint density at radius 1 is 1.14 bits per heavy atom. The van der Waals surface area contributed by atoms with Gasteiger partial charge >= 0.3 is 6.61 Å². The summed E-state index contributed by atoms with van der Waals surface area (Å²) in [6, 6.07) is 13.8. The number of nitrogens with one attached hydrogen (secondary N) is 2. The van der Waals surface area contributed by atoms with Crippen LogP contribution in [-0.2, 0) is 4.79 Å². The van der Waals surface area contributed by atoms with Crippen LogP contribution in [0.2, 0.25) is 0 Å². The maximum absolute atomic E-state index is 12.2. The van der Waals surface area contributed by atoms with Crippen LogP contribution >= 0.6 is 23.1 Å². The molecule has 0 radical (unpaired) electrons. The summed E-state index contributed by atoms with van der Waals surface area (Å²) >= 11 is 2.92. The van der Waals surface area contributed by atoms with Crippen molar-refractivity contribution in [3.63, 3.8) is 0 Å². The summed E-state index contributed by atoms with van der Waals surface area (Å²) in [6.45, 7) is 0.618. The third kappa shape index (κ3) is 6.40. The first-order chi connectivity index (χ1) is 13.9. The fourth-order valence-electron chi connectivity index (χ4n) is 2.45. The van der Waals surface area contributed by atoms with Crippen LogP contribution in [0.1, 0.15) is 24.7 Å². The van der Waals surface area contributed by atoms with Crippen LogP contribution in [-0.4, -0.2) is 22.7 Å². The van der Waals surface area contributed by atoms with E-state index < -0.39 is 6.61 Å². The number of hydrogen-bond acceptors (Lipinski definition) is 7. The minimum Gasteiger partial charge on any atom is -0.435 e. The number of rotatable bonds is 8. The molecule has 10 heteroatoms. The van der Waals surface area contributed by atoms with E-state index in [4.69, 9.17) is 0 Å². The molecule has 1 aromatic heterocycles. The molecule has 0 fully saturated rings. The molecule has 1 unspecified atom stereocenters. The highest BCUT2D eigenvalue weighted by atomic mass is 32.2. The number of thioether (sulfide) groups is 1. The summed E-state index contributed by atoms with van der Waals surface area (Å²) < 4.78 is 29.6. The Labute approximate surface area is 174 Å². The van der Waals surface area contributed by atoms with Gasteiger partial charge in [0.1, 0.15) is 5.75 Å². The van der Waals surface area contributed by atoms with E-state index in [0.717, 1.165) is 15.6 Å². The molecule has 0 bridgehead atoms.